The van der Waals surface area contributed by atoms with Crippen molar-refractivity contribution in [3.05, 3.63) is 65.7 Å². The molecule has 1 heterocycles. The molecule has 1 amide bonds. The molecular formula is C22H28N2O4S. The van der Waals surface area contributed by atoms with E-state index in [2.05, 4.69) is 19.2 Å². The van der Waals surface area contributed by atoms with Crippen LogP contribution in [-0.4, -0.2) is 44.9 Å². The van der Waals surface area contributed by atoms with Gasteiger partial charge < -0.3 is 10.1 Å². The van der Waals surface area contributed by atoms with Crippen LogP contribution in [0.5, 0.6) is 0 Å². The molecule has 1 aliphatic rings. The van der Waals surface area contributed by atoms with E-state index in [1.807, 2.05) is 30.3 Å². The van der Waals surface area contributed by atoms with Gasteiger partial charge in [0.1, 0.15) is 0 Å². The molecular weight excluding hydrogens is 388 g/mol. The van der Waals surface area contributed by atoms with Gasteiger partial charge in [-0.2, -0.15) is 4.31 Å². The molecule has 156 valence electrons. The molecule has 1 unspecified atom stereocenters. The van der Waals surface area contributed by atoms with Gasteiger partial charge in [-0.25, -0.2) is 8.42 Å². The first-order chi connectivity index (χ1) is 13.9. The highest BCUT2D eigenvalue weighted by atomic mass is 32.2. The largest absolute Gasteiger partial charge is 0.379 e. The Bertz CT molecular complexity index is 923. The van der Waals surface area contributed by atoms with Crippen LogP contribution in [0.4, 0.5) is 0 Å². The molecule has 0 aliphatic carbocycles. The number of amides is 1. The minimum atomic E-state index is -3.64. The van der Waals surface area contributed by atoms with E-state index in [1.165, 1.54) is 16.4 Å². The maximum Gasteiger partial charge on any atom is 0.251 e. The van der Waals surface area contributed by atoms with Crippen LogP contribution in [0.1, 0.15) is 42.2 Å². The Hall–Kier alpha value is -2.22. The second-order valence-corrected chi connectivity index (χ2v) is 9.55. The number of morpholine rings is 1. The molecule has 6 nitrogen and oxygen atoms in total. The van der Waals surface area contributed by atoms with E-state index in [0.29, 0.717) is 37.8 Å². The average Bonchev–Trinajstić information content (AvgIpc) is 2.74. The summed E-state index contributed by atoms with van der Waals surface area (Å²) in [5, 5.41) is 3.07. The number of hydrogen-bond acceptors (Lipinski definition) is 4. The van der Waals surface area contributed by atoms with Gasteiger partial charge >= 0.3 is 0 Å². The van der Waals surface area contributed by atoms with Crippen LogP contribution >= 0.6 is 0 Å². The highest BCUT2D eigenvalue weighted by Gasteiger charge is 2.27. The summed E-state index contributed by atoms with van der Waals surface area (Å²) in [7, 11) is -3.64. The minimum absolute atomic E-state index is 0.132. The zero-order valence-electron chi connectivity index (χ0n) is 16.9. The normalized spacial score (nSPS) is 16.5. The molecule has 0 bridgehead atoms. The summed E-state index contributed by atoms with van der Waals surface area (Å²) in [6.07, 6.45) is 0.793. The summed E-state index contributed by atoms with van der Waals surface area (Å²) < 4.78 is 32.4. The number of nitrogens with one attached hydrogen (secondary N) is 1. The van der Waals surface area contributed by atoms with Crippen molar-refractivity contribution < 1.29 is 17.9 Å². The molecule has 0 spiro atoms. The first kappa shape index (κ1) is 21.5. The highest BCUT2D eigenvalue weighted by Crippen LogP contribution is 2.23. The molecule has 3 rings (SSSR count). The molecule has 29 heavy (non-hydrogen) atoms. The summed E-state index contributed by atoms with van der Waals surface area (Å²) in [6.45, 7) is 5.63. The van der Waals surface area contributed by atoms with Gasteiger partial charge in [-0.3, -0.25) is 4.79 Å². The number of rotatable bonds is 7. The van der Waals surface area contributed by atoms with Crippen molar-refractivity contribution in [1.82, 2.24) is 9.62 Å². The monoisotopic (exact) mass is 416 g/mol. The van der Waals surface area contributed by atoms with E-state index in [9.17, 15) is 13.2 Å². The van der Waals surface area contributed by atoms with E-state index in [1.54, 1.807) is 12.1 Å². The number of hydrogen-bond donors (Lipinski definition) is 1. The van der Waals surface area contributed by atoms with Crippen LogP contribution in [0.15, 0.2) is 59.5 Å². The van der Waals surface area contributed by atoms with Crippen LogP contribution in [0.3, 0.4) is 0 Å². The summed E-state index contributed by atoms with van der Waals surface area (Å²) in [6, 6.07) is 15.9. The number of carbonyl (C=O) groups is 1. The number of nitrogens with zero attached hydrogens (tertiary/aromatic N) is 1. The van der Waals surface area contributed by atoms with Crippen LogP contribution in [0, 0.1) is 5.92 Å². The number of carbonyl (C=O) groups excluding carboxylic acids is 1. The van der Waals surface area contributed by atoms with Crippen LogP contribution in [-0.2, 0) is 14.8 Å². The second kappa shape index (κ2) is 9.52. The molecule has 0 saturated carbocycles. The van der Waals surface area contributed by atoms with Crippen molar-refractivity contribution in [2.45, 2.75) is 31.2 Å². The zero-order chi connectivity index (χ0) is 20.9. The van der Waals surface area contributed by atoms with Gasteiger partial charge in [-0.1, -0.05) is 50.2 Å². The quantitative estimate of drug-likeness (QED) is 0.752. The second-order valence-electron chi connectivity index (χ2n) is 7.61. The molecule has 1 atom stereocenters. The van der Waals surface area contributed by atoms with Crippen molar-refractivity contribution in [2.24, 2.45) is 5.92 Å². The SMILES string of the molecule is CC(C)CC(NC(=O)c1cccc(S(=O)(=O)N2CCOCC2)c1)c1ccccc1. The Morgan fingerprint density at radius 3 is 2.41 bits per heavy atom. The predicted octanol–water partition coefficient (Wildman–Crippen LogP) is 3.22. The third-order valence-corrected chi connectivity index (χ3v) is 6.81. The average molecular weight is 417 g/mol. The fraction of sp³-hybridized carbons (Fsp3) is 0.409. The molecule has 1 fully saturated rings. The Morgan fingerprint density at radius 2 is 1.76 bits per heavy atom. The lowest BCUT2D eigenvalue weighted by atomic mass is 9.96. The zero-order valence-corrected chi connectivity index (χ0v) is 17.7. The molecule has 1 aliphatic heterocycles. The molecule has 1 N–H and O–H groups in total. The summed E-state index contributed by atoms with van der Waals surface area (Å²) in [5.74, 6) is 0.118. The summed E-state index contributed by atoms with van der Waals surface area (Å²) in [5.41, 5.74) is 1.37. The van der Waals surface area contributed by atoms with E-state index >= 15 is 0 Å². The van der Waals surface area contributed by atoms with Crippen molar-refractivity contribution in [2.75, 3.05) is 26.3 Å². The van der Waals surface area contributed by atoms with Crippen molar-refractivity contribution in [3.63, 3.8) is 0 Å². The number of benzene rings is 2. The van der Waals surface area contributed by atoms with Gasteiger partial charge in [0, 0.05) is 18.7 Å². The maximum atomic E-state index is 12.9. The Balaban J connectivity index is 1.81. The molecule has 2 aromatic carbocycles. The van der Waals surface area contributed by atoms with Crippen LogP contribution in [0.2, 0.25) is 0 Å². The van der Waals surface area contributed by atoms with Gasteiger partial charge in [0.15, 0.2) is 0 Å². The third-order valence-electron chi connectivity index (χ3n) is 4.92. The standard InChI is InChI=1S/C22H28N2O4S/c1-17(2)15-21(18-7-4-3-5-8-18)23-22(25)19-9-6-10-20(16-19)29(26,27)24-11-13-28-14-12-24/h3-10,16-17,21H,11-15H2,1-2H3,(H,23,25). The van der Waals surface area contributed by atoms with Crippen molar-refractivity contribution in [1.29, 1.82) is 0 Å². The van der Waals surface area contributed by atoms with Gasteiger partial charge in [0.05, 0.1) is 24.2 Å². The maximum absolute atomic E-state index is 12.9. The third kappa shape index (κ3) is 5.44. The molecule has 0 radical (unpaired) electrons. The number of ether oxygens (including phenoxy) is 1. The lowest BCUT2D eigenvalue weighted by Gasteiger charge is -2.26. The first-order valence-electron chi connectivity index (χ1n) is 9.91. The van der Waals surface area contributed by atoms with E-state index in [4.69, 9.17) is 4.74 Å². The fourth-order valence-electron chi connectivity index (χ4n) is 3.41. The Kier molecular flexibility index (Phi) is 7.05. The van der Waals surface area contributed by atoms with Gasteiger partial charge in [-0.15, -0.1) is 0 Å². The fourth-order valence-corrected chi connectivity index (χ4v) is 4.86. The Labute approximate surface area is 172 Å². The van der Waals surface area contributed by atoms with Crippen LogP contribution in [0.25, 0.3) is 0 Å². The highest BCUT2D eigenvalue weighted by molar-refractivity contribution is 7.89. The first-order valence-corrected chi connectivity index (χ1v) is 11.4. The van der Waals surface area contributed by atoms with Crippen LogP contribution < -0.4 is 5.32 Å². The molecule has 2 aromatic rings. The van der Waals surface area contributed by atoms with Gasteiger partial charge in [0.25, 0.3) is 5.91 Å². The molecule has 1 saturated heterocycles. The topological polar surface area (TPSA) is 75.7 Å². The molecule has 0 aromatic heterocycles. The summed E-state index contributed by atoms with van der Waals surface area (Å²) in [4.78, 5) is 13.1. The van der Waals surface area contributed by atoms with E-state index in [-0.39, 0.29) is 16.8 Å². The minimum Gasteiger partial charge on any atom is -0.379 e. The van der Waals surface area contributed by atoms with Crippen molar-refractivity contribution in [3.8, 4) is 0 Å². The van der Waals surface area contributed by atoms with Gasteiger partial charge in [-0.05, 0) is 36.1 Å². The molecule has 7 heteroatoms. The summed E-state index contributed by atoms with van der Waals surface area (Å²) >= 11 is 0. The lowest BCUT2D eigenvalue weighted by Crippen LogP contribution is -2.40. The lowest BCUT2D eigenvalue weighted by molar-refractivity contribution is 0.0730. The van der Waals surface area contributed by atoms with E-state index in [0.717, 1.165) is 12.0 Å². The Morgan fingerprint density at radius 1 is 1.07 bits per heavy atom. The number of sulfonamides is 1. The van der Waals surface area contributed by atoms with Gasteiger partial charge in [0.2, 0.25) is 10.0 Å². The smallest absolute Gasteiger partial charge is 0.251 e. The van der Waals surface area contributed by atoms with Crippen molar-refractivity contribution >= 4 is 15.9 Å². The van der Waals surface area contributed by atoms with E-state index < -0.39 is 10.0 Å². The predicted molar refractivity (Wildman–Crippen MR) is 112 cm³/mol.